The van der Waals surface area contributed by atoms with E-state index in [-0.39, 0.29) is 34.9 Å². The average molecular weight is 862 g/mol. The summed E-state index contributed by atoms with van der Waals surface area (Å²) in [6.45, 7) is 7.82. The Morgan fingerprint density at radius 1 is 0.919 bits per heavy atom. The summed E-state index contributed by atoms with van der Waals surface area (Å²) in [5, 5.41) is 11.2. The Morgan fingerprint density at radius 3 is 2.50 bits per heavy atom. The SMILES string of the molecule is COc1cc(Cn2cccn2)cc2onc(NS(=O)(=O)c3cccc(N4CCC5(CCN(C[C@@H]6CCN(c7ccc8c(c7)CN(C7CCC(=O)NC7=O)C8=O)C6)CC5)CC4)c3)c12. The molecule has 10 rings (SSSR count). The molecule has 4 fully saturated rings. The number of aromatic nitrogens is 3. The maximum Gasteiger partial charge on any atom is 0.263 e. The lowest BCUT2D eigenvalue weighted by Gasteiger charge is -2.47. The van der Waals surface area contributed by atoms with Gasteiger partial charge in [0.1, 0.15) is 17.2 Å². The van der Waals surface area contributed by atoms with Crippen LogP contribution in [-0.2, 0) is 32.7 Å². The van der Waals surface area contributed by atoms with E-state index < -0.39 is 16.1 Å². The Balaban J connectivity index is 0.712. The number of methoxy groups -OCH3 is 1. The summed E-state index contributed by atoms with van der Waals surface area (Å²) in [6.07, 6.45) is 9.77. The molecule has 1 unspecified atom stereocenters. The second kappa shape index (κ2) is 16.1. The number of hydrogen-bond donors (Lipinski definition) is 2. The molecule has 324 valence electrons. The van der Waals surface area contributed by atoms with E-state index in [2.05, 4.69) is 41.1 Å². The van der Waals surface area contributed by atoms with Crippen molar-refractivity contribution in [2.45, 2.75) is 69.0 Å². The van der Waals surface area contributed by atoms with Gasteiger partial charge < -0.3 is 28.9 Å². The van der Waals surface area contributed by atoms with Gasteiger partial charge in [0.15, 0.2) is 11.4 Å². The largest absolute Gasteiger partial charge is 0.496 e. The monoisotopic (exact) mass is 861 g/mol. The third-order valence-corrected chi connectivity index (χ3v) is 15.2. The number of piperidine rings is 3. The number of ether oxygens (including phenoxy) is 1. The molecule has 5 aliphatic heterocycles. The summed E-state index contributed by atoms with van der Waals surface area (Å²) in [5.41, 5.74) is 5.18. The fraction of sp³-hybridized carbons (Fsp3) is 0.444. The molecule has 7 heterocycles. The van der Waals surface area contributed by atoms with Crippen LogP contribution in [0.1, 0.15) is 66.4 Å². The predicted octanol–water partition coefficient (Wildman–Crippen LogP) is 4.85. The number of fused-ring (bicyclic) bond motifs is 2. The number of nitrogens with one attached hydrogen (secondary N) is 2. The number of benzene rings is 3. The van der Waals surface area contributed by atoms with Gasteiger partial charge in [-0.25, -0.2) is 8.42 Å². The van der Waals surface area contributed by atoms with Gasteiger partial charge in [0, 0.05) is 75.0 Å². The molecule has 4 saturated heterocycles. The van der Waals surface area contributed by atoms with Gasteiger partial charge in [-0.2, -0.15) is 5.10 Å². The highest BCUT2D eigenvalue weighted by atomic mass is 32.2. The first kappa shape index (κ1) is 40.2. The molecule has 5 aromatic rings. The smallest absolute Gasteiger partial charge is 0.263 e. The Bertz CT molecular complexity index is 2630. The lowest BCUT2D eigenvalue weighted by atomic mass is 9.71. The van der Waals surface area contributed by atoms with E-state index in [1.807, 2.05) is 42.6 Å². The van der Waals surface area contributed by atoms with Crippen LogP contribution in [0.4, 0.5) is 17.2 Å². The minimum absolute atomic E-state index is 0.0730. The number of anilines is 3. The van der Waals surface area contributed by atoms with Crippen LogP contribution in [0.5, 0.6) is 5.75 Å². The predicted molar refractivity (Wildman–Crippen MR) is 232 cm³/mol. The van der Waals surface area contributed by atoms with Gasteiger partial charge in [-0.05, 0) is 129 Å². The van der Waals surface area contributed by atoms with Gasteiger partial charge >= 0.3 is 0 Å². The van der Waals surface area contributed by atoms with Crippen molar-refractivity contribution in [3.63, 3.8) is 0 Å². The first-order chi connectivity index (χ1) is 30.0. The van der Waals surface area contributed by atoms with E-state index >= 15 is 0 Å². The number of likely N-dealkylation sites (tertiary alicyclic amines) is 1. The number of imide groups is 1. The molecule has 3 amide bonds. The van der Waals surface area contributed by atoms with Gasteiger partial charge in [-0.1, -0.05) is 11.2 Å². The molecule has 0 saturated carbocycles. The molecule has 0 aliphatic carbocycles. The minimum atomic E-state index is -4.00. The third kappa shape index (κ3) is 7.76. The van der Waals surface area contributed by atoms with E-state index in [1.165, 1.54) is 7.11 Å². The molecule has 2 aromatic heterocycles. The fourth-order valence-electron chi connectivity index (χ4n) is 10.3. The summed E-state index contributed by atoms with van der Waals surface area (Å²) >= 11 is 0. The number of rotatable bonds is 11. The molecule has 1 spiro atoms. The molecule has 0 bridgehead atoms. The molecule has 5 aliphatic rings. The van der Waals surface area contributed by atoms with Crippen LogP contribution in [0, 0.1) is 11.3 Å². The fourth-order valence-corrected chi connectivity index (χ4v) is 11.4. The summed E-state index contributed by atoms with van der Waals surface area (Å²) in [7, 11) is -2.47. The summed E-state index contributed by atoms with van der Waals surface area (Å²) in [4.78, 5) is 46.5. The molecule has 17 heteroatoms. The highest BCUT2D eigenvalue weighted by molar-refractivity contribution is 7.92. The van der Waals surface area contributed by atoms with Gasteiger partial charge in [-0.3, -0.25) is 29.1 Å². The molecule has 62 heavy (non-hydrogen) atoms. The lowest BCUT2D eigenvalue weighted by molar-refractivity contribution is -0.136. The average Bonchev–Trinajstić information content (AvgIpc) is 4.10. The zero-order valence-electron chi connectivity index (χ0n) is 34.8. The molecule has 0 radical (unpaired) electrons. The van der Waals surface area contributed by atoms with E-state index in [0.717, 1.165) is 100 Å². The van der Waals surface area contributed by atoms with E-state index in [9.17, 15) is 22.8 Å². The van der Waals surface area contributed by atoms with Crippen molar-refractivity contribution in [2.24, 2.45) is 11.3 Å². The van der Waals surface area contributed by atoms with Crippen molar-refractivity contribution in [1.82, 2.24) is 30.1 Å². The van der Waals surface area contributed by atoms with E-state index in [1.54, 1.807) is 34.0 Å². The highest BCUT2D eigenvalue weighted by Crippen LogP contribution is 2.43. The lowest BCUT2D eigenvalue weighted by Crippen LogP contribution is -2.52. The van der Waals surface area contributed by atoms with Crippen LogP contribution in [-0.4, -0.2) is 110 Å². The highest BCUT2D eigenvalue weighted by Gasteiger charge is 2.41. The normalized spacial score (nSPS) is 21.8. The van der Waals surface area contributed by atoms with Crippen LogP contribution >= 0.6 is 0 Å². The van der Waals surface area contributed by atoms with E-state index in [4.69, 9.17) is 9.26 Å². The first-order valence-electron chi connectivity index (χ1n) is 21.6. The van der Waals surface area contributed by atoms with Crippen molar-refractivity contribution in [3.05, 3.63) is 89.7 Å². The number of sulfonamides is 1. The van der Waals surface area contributed by atoms with Crippen LogP contribution in [0.15, 0.2) is 82.5 Å². The van der Waals surface area contributed by atoms with Crippen molar-refractivity contribution >= 4 is 55.9 Å². The first-order valence-corrected chi connectivity index (χ1v) is 23.1. The van der Waals surface area contributed by atoms with Crippen LogP contribution in [0.2, 0.25) is 0 Å². The molecule has 2 N–H and O–H groups in total. The maximum absolute atomic E-state index is 13.8. The standard InChI is InChI=1S/C45H51N9O7S/c1-60-38-22-31(28-53-16-3-15-46-53)23-39-41(38)42(48-61-39)49-62(58,59)35-5-2-4-33(25-35)51-20-13-45(14-21-51)11-18-50(19-12-45)26-30-10-17-52(27-30)34-6-7-36-32(24-34)29-54(44(36)57)37-8-9-40(55)47-43(37)56/h2-7,15-16,22-25,30,37H,8-14,17-21,26-29H2,1H3,(H,48,49)(H,47,55,56)/t30-,37?/m0/s1. The Labute approximate surface area is 360 Å². The number of amides is 3. The van der Waals surface area contributed by atoms with Gasteiger partial charge in [-0.15, -0.1) is 0 Å². The van der Waals surface area contributed by atoms with Crippen molar-refractivity contribution in [3.8, 4) is 5.75 Å². The summed E-state index contributed by atoms with van der Waals surface area (Å²) in [6, 6.07) is 18.1. The second-order valence-corrected chi connectivity index (χ2v) is 19.3. The number of hydrogen-bond acceptors (Lipinski definition) is 12. The maximum atomic E-state index is 13.8. The summed E-state index contributed by atoms with van der Waals surface area (Å²) < 4.78 is 43.2. The van der Waals surface area contributed by atoms with Crippen molar-refractivity contribution in [1.29, 1.82) is 0 Å². The second-order valence-electron chi connectivity index (χ2n) is 17.6. The Kier molecular flexibility index (Phi) is 10.4. The van der Waals surface area contributed by atoms with Crippen LogP contribution in [0.25, 0.3) is 11.0 Å². The van der Waals surface area contributed by atoms with Crippen LogP contribution in [0.3, 0.4) is 0 Å². The zero-order valence-corrected chi connectivity index (χ0v) is 35.6. The van der Waals surface area contributed by atoms with Crippen molar-refractivity contribution < 1.29 is 32.1 Å². The quantitative estimate of drug-likeness (QED) is 0.173. The minimum Gasteiger partial charge on any atom is -0.496 e. The molecule has 16 nitrogen and oxygen atoms in total. The molecular weight excluding hydrogens is 811 g/mol. The molecule has 3 aromatic carbocycles. The number of carbonyl (C=O) groups is 3. The Hall–Kier alpha value is -5.94. The van der Waals surface area contributed by atoms with Gasteiger partial charge in [0.2, 0.25) is 11.8 Å². The van der Waals surface area contributed by atoms with Crippen LogP contribution < -0.4 is 24.6 Å². The van der Waals surface area contributed by atoms with E-state index in [0.29, 0.717) is 53.1 Å². The molecule has 2 atom stereocenters. The number of carbonyl (C=O) groups excluding carboxylic acids is 3. The Morgan fingerprint density at radius 2 is 1.73 bits per heavy atom. The topological polar surface area (TPSA) is 175 Å². The zero-order chi connectivity index (χ0) is 42.6. The van der Waals surface area contributed by atoms with Crippen molar-refractivity contribution in [2.75, 3.05) is 67.4 Å². The van der Waals surface area contributed by atoms with Gasteiger partial charge in [0.25, 0.3) is 15.9 Å². The van der Waals surface area contributed by atoms with Gasteiger partial charge in [0.05, 0.1) is 18.6 Å². The third-order valence-electron chi connectivity index (χ3n) is 13.9. The number of nitrogens with zero attached hydrogens (tertiary/aromatic N) is 7. The summed E-state index contributed by atoms with van der Waals surface area (Å²) in [5.74, 6) is 0.281. The molecular formula is C45H51N9O7S.